The van der Waals surface area contributed by atoms with Crippen LogP contribution in [0.5, 0.6) is 0 Å². The van der Waals surface area contributed by atoms with Gasteiger partial charge in [-0.1, -0.05) is 18.2 Å². The van der Waals surface area contributed by atoms with Gasteiger partial charge in [-0.05, 0) is 29.8 Å². The maximum atomic E-state index is 13.4. The van der Waals surface area contributed by atoms with Crippen molar-refractivity contribution in [2.45, 2.75) is 31.0 Å². The van der Waals surface area contributed by atoms with E-state index < -0.39 is 21.7 Å². The number of fused-ring (bicyclic) bond motifs is 1. The molecule has 7 nitrogen and oxygen atoms in total. The Bertz CT molecular complexity index is 1120. The van der Waals surface area contributed by atoms with Gasteiger partial charge in [0.15, 0.2) is 0 Å². The Morgan fingerprint density at radius 3 is 2.43 bits per heavy atom. The maximum absolute atomic E-state index is 13.4. The lowest BCUT2D eigenvalue weighted by Gasteiger charge is -2.19. The van der Waals surface area contributed by atoms with E-state index in [1.807, 2.05) is 4.57 Å². The third-order valence-electron chi connectivity index (χ3n) is 5.00. The van der Waals surface area contributed by atoms with Crippen LogP contribution in [0.2, 0.25) is 0 Å². The Labute approximate surface area is 173 Å². The number of hydrogen-bond acceptors (Lipinski definition) is 5. The summed E-state index contributed by atoms with van der Waals surface area (Å²) < 4.78 is 56.2. The van der Waals surface area contributed by atoms with Gasteiger partial charge in [0.05, 0.1) is 11.4 Å². The topological polar surface area (TPSA) is 80.1 Å². The van der Waals surface area contributed by atoms with Crippen LogP contribution in [0, 0.1) is 11.6 Å². The molecule has 0 unspecified atom stereocenters. The molecule has 1 N–H and O–H groups in total. The summed E-state index contributed by atoms with van der Waals surface area (Å²) in [5.74, 6) is 0.106. The SMILES string of the molecule is O=S(=O)(NCc1nnc2n1CCN(Cc1cc(F)cc(F)c1)CC2)c1ccccc1. The zero-order valence-corrected chi connectivity index (χ0v) is 16.9. The van der Waals surface area contributed by atoms with Gasteiger partial charge in [-0.3, -0.25) is 4.90 Å². The summed E-state index contributed by atoms with van der Waals surface area (Å²) in [5, 5.41) is 8.33. The smallest absolute Gasteiger partial charge is 0.240 e. The molecule has 0 spiro atoms. The molecule has 1 aromatic heterocycles. The van der Waals surface area contributed by atoms with Gasteiger partial charge in [0.1, 0.15) is 23.3 Å². The van der Waals surface area contributed by atoms with Gasteiger partial charge < -0.3 is 4.57 Å². The standard InChI is InChI=1S/C20H21F2N5O2S/c21-16-10-15(11-17(22)12-16)14-26-7-6-19-24-25-20(27(19)9-8-26)13-23-30(28,29)18-4-2-1-3-5-18/h1-5,10-12,23H,6-9,13-14H2. The molecule has 10 heteroatoms. The molecule has 1 aliphatic heterocycles. The first-order valence-corrected chi connectivity index (χ1v) is 11.0. The van der Waals surface area contributed by atoms with Crippen molar-refractivity contribution >= 4 is 10.0 Å². The first kappa shape index (κ1) is 20.6. The summed E-state index contributed by atoms with van der Waals surface area (Å²) in [6.45, 7) is 2.29. The molecule has 158 valence electrons. The number of hydrogen-bond donors (Lipinski definition) is 1. The minimum atomic E-state index is -3.64. The van der Waals surface area contributed by atoms with E-state index in [0.717, 1.165) is 11.9 Å². The molecule has 0 aliphatic carbocycles. The molecule has 3 aromatic rings. The van der Waals surface area contributed by atoms with Gasteiger partial charge in [-0.15, -0.1) is 10.2 Å². The van der Waals surface area contributed by atoms with Gasteiger partial charge in [0.2, 0.25) is 10.0 Å². The van der Waals surface area contributed by atoms with E-state index in [4.69, 9.17) is 0 Å². The number of aromatic nitrogens is 3. The number of halogens is 2. The first-order chi connectivity index (χ1) is 14.4. The predicted octanol–water partition coefficient (Wildman–Crippen LogP) is 2.09. The fourth-order valence-corrected chi connectivity index (χ4v) is 4.52. The van der Waals surface area contributed by atoms with E-state index in [-0.39, 0.29) is 11.4 Å². The zero-order valence-electron chi connectivity index (χ0n) is 16.1. The Morgan fingerprint density at radius 1 is 0.967 bits per heavy atom. The second kappa shape index (κ2) is 8.58. The summed E-state index contributed by atoms with van der Waals surface area (Å²) in [6.07, 6.45) is 0.607. The highest BCUT2D eigenvalue weighted by molar-refractivity contribution is 7.89. The Balaban J connectivity index is 1.41. The highest BCUT2D eigenvalue weighted by Gasteiger charge is 2.21. The van der Waals surface area contributed by atoms with Crippen LogP contribution in [0.3, 0.4) is 0 Å². The summed E-state index contributed by atoms with van der Waals surface area (Å²) >= 11 is 0. The zero-order chi connectivity index (χ0) is 21.1. The molecule has 0 atom stereocenters. The average Bonchev–Trinajstić information content (AvgIpc) is 2.99. The predicted molar refractivity (Wildman–Crippen MR) is 106 cm³/mol. The van der Waals surface area contributed by atoms with Gasteiger partial charge >= 0.3 is 0 Å². The largest absolute Gasteiger partial charge is 0.313 e. The van der Waals surface area contributed by atoms with Crippen LogP contribution in [-0.2, 0) is 36.1 Å². The average molecular weight is 433 g/mol. The molecule has 1 aliphatic rings. The molecular formula is C20H21F2N5O2S. The van der Waals surface area contributed by atoms with Crippen LogP contribution < -0.4 is 4.72 Å². The van der Waals surface area contributed by atoms with Crippen LogP contribution in [0.4, 0.5) is 8.78 Å². The molecule has 0 fully saturated rings. The van der Waals surface area contributed by atoms with Crippen molar-refractivity contribution in [2.75, 3.05) is 13.1 Å². The minimum absolute atomic E-state index is 0.0271. The fraction of sp³-hybridized carbons (Fsp3) is 0.300. The summed E-state index contributed by atoms with van der Waals surface area (Å²) in [4.78, 5) is 2.27. The summed E-state index contributed by atoms with van der Waals surface area (Å²) in [6, 6.07) is 11.7. The van der Waals surface area contributed by atoms with Crippen LogP contribution in [-0.4, -0.2) is 41.2 Å². The van der Waals surface area contributed by atoms with E-state index in [2.05, 4.69) is 19.8 Å². The van der Waals surface area contributed by atoms with Crippen molar-refractivity contribution in [3.8, 4) is 0 Å². The van der Waals surface area contributed by atoms with Gasteiger partial charge in [0.25, 0.3) is 0 Å². The third-order valence-corrected chi connectivity index (χ3v) is 6.41. The monoisotopic (exact) mass is 433 g/mol. The van der Waals surface area contributed by atoms with E-state index in [1.165, 1.54) is 24.3 Å². The van der Waals surface area contributed by atoms with Gasteiger partial charge in [0, 0.05) is 38.7 Å². The number of nitrogens with zero attached hydrogens (tertiary/aromatic N) is 4. The molecule has 2 heterocycles. The minimum Gasteiger partial charge on any atom is -0.313 e. The van der Waals surface area contributed by atoms with Crippen molar-refractivity contribution in [3.05, 3.63) is 77.4 Å². The number of nitrogens with one attached hydrogen (secondary N) is 1. The van der Waals surface area contributed by atoms with Crippen molar-refractivity contribution in [1.29, 1.82) is 0 Å². The van der Waals surface area contributed by atoms with Crippen LogP contribution in [0.25, 0.3) is 0 Å². The van der Waals surface area contributed by atoms with Crippen LogP contribution >= 0.6 is 0 Å². The summed E-state index contributed by atoms with van der Waals surface area (Å²) in [5.41, 5.74) is 0.570. The van der Waals surface area contributed by atoms with Crippen LogP contribution in [0.1, 0.15) is 17.2 Å². The van der Waals surface area contributed by atoms with E-state index in [1.54, 1.807) is 18.2 Å². The first-order valence-electron chi connectivity index (χ1n) is 9.54. The maximum Gasteiger partial charge on any atom is 0.240 e. The second-order valence-electron chi connectivity index (χ2n) is 7.13. The number of benzene rings is 2. The molecule has 0 bridgehead atoms. The molecule has 0 amide bonds. The van der Waals surface area contributed by atoms with Gasteiger partial charge in [-0.2, -0.15) is 0 Å². The van der Waals surface area contributed by atoms with E-state index >= 15 is 0 Å². The lowest BCUT2D eigenvalue weighted by Crippen LogP contribution is -2.28. The quantitative estimate of drug-likeness (QED) is 0.644. The highest BCUT2D eigenvalue weighted by atomic mass is 32.2. The second-order valence-corrected chi connectivity index (χ2v) is 8.89. The third kappa shape index (κ3) is 4.72. The Kier molecular flexibility index (Phi) is 5.89. The van der Waals surface area contributed by atoms with Crippen molar-refractivity contribution in [3.63, 3.8) is 0 Å². The van der Waals surface area contributed by atoms with Gasteiger partial charge in [-0.25, -0.2) is 21.9 Å². The fourth-order valence-electron chi connectivity index (χ4n) is 3.52. The normalized spacial score (nSPS) is 15.0. The Hall–Kier alpha value is -2.69. The van der Waals surface area contributed by atoms with E-state index in [0.29, 0.717) is 44.0 Å². The Morgan fingerprint density at radius 2 is 1.70 bits per heavy atom. The molecule has 30 heavy (non-hydrogen) atoms. The molecule has 0 saturated heterocycles. The molecule has 0 saturated carbocycles. The summed E-state index contributed by atoms with van der Waals surface area (Å²) in [7, 11) is -3.64. The van der Waals surface area contributed by atoms with Crippen molar-refractivity contribution < 1.29 is 17.2 Å². The molecule has 2 aromatic carbocycles. The number of sulfonamides is 1. The van der Waals surface area contributed by atoms with Crippen molar-refractivity contribution in [1.82, 2.24) is 24.4 Å². The van der Waals surface area contributed by atoms with Crippen LogP contribution in [0.15, 0.2) is 53.4 Å². The lowest BCUT2D eigenvalue weighted by molar-refractivity contribution is 0.269. The molecular weight excluding hydrogens is 412 g/mol. The highest BCUT2D eigenvalue weighted by Crippen LogP contribution is 2.15. The van der Waals surface area contributed by atoms with Crippen molar-refractivity contribution in [2.24, 2.45) is 0 Å². The molecule has 4 rings (SSSR count). The molecule has 0 radical (unpaired) electrons. The van der Waals surface area contributed by atoms with E-state index in [9.17, 15) is 17.2 Å². The lowest BCUT2D eigenvalue weighted by atomic mass is 10.2. The number of rotatable bonds is 6.